The van der Waals surface area contributed by atoms with Crippen LogP contribution in [0.15, 0.2) is 30.5 Å². The first-order chi connectivity index (χ1) is 12.8. The molecule has 1 aliphatic rings. The van der Waals surface area contributed by atoms with Gasteiger partial charge in [0.25, 0.3) is 0 Å². The summed E-state index contributed by atoms with van der Waals surface area (Å²) >= 11 is 0. The first-order valence-corrected chi connectivity index (χ1v) is 9.68. The minimum atomic E-state index is -0.211. The number of hydrogen-bond donors (Lipinski definition) is 2. The molecule has 27 heavy (non-hydrogen) atoms. The zero-order valence-corrected chi connectivity index (χ0v) is 16.5. The summed E-state index contributed by atoms with van der Waals surface area (Å²) in [5.41, 5.74) is 2.09. The Morgan fingerprint density at radius 3 is 2.52 bits per heavy atom. The van der Waals surface area contributed by atoms with Crippen molar-refractivity contribution in [2.75, 3.05) is 32.7 Å². The third-order valence-corrected chi connectivity index (χ3v) is 4.89. The lowest BCUT2D eigenvalue weighted by Crippen LogP contribution is -2.52. The van der Waals surface area contributed by atoms with Crippen molar-refractivity contribution in [1.29, 1.82) is 0 Å². The summed E-state index contributed by atoms with van der Waals surface area (Å²) in [5, 5.41) is 4.18. The molecule has 3 rings (SSSR count). The van der Waals surface area contributed by atoms with Gasteiger partial charge in [0.15, 0.2) is 0 Å². The fourth-order valence-corrected chi connectivity index (χ4v) is 3.55. The molecule has 0 radical (unpaired) electrons. The highest BCUT2D eigenvalue weighted by Crippen LogP contribution is 2.19. The number of benzene rings is 1. The molecule has 1 aromatic carbocycles. The average molecular weight is 370 g/mol. The van der Waals surface area contributed by atoms with Crippen LogP contribution in [0, 0.1) is 0 Å². The molecule has 2 heterocycles. The Morgan fingerprint density at radius 2 is 1.81 bits per heavy atom. The van der Waals surface area contributed by atoms with E-state index in [-0.39, 0.29) is 17.4 Å². The maximum absolute atomic E-state index is 12.6. The summed E-state index contributed by atoms with van der Waals surface area (Å²) in [5.74, 6) is 0.237. The first kappa shape index (κ1) is 19.4. The molecule has 0 aliphatic carbocycles. The number of aryl methyl sites for hydroxylation is 1. The van der Waals surface area contributed by atoms with E-state index in [2.05, 4.69) is 27.3 Å². The van der Waals surface area contributed by atoms with Gasteiger partial charge in [0.1, 0.15) is 0 Å². The van der Waals surface area contributed by atoms with E-state index >= 15 is 0 Å². The standard InChI is InChI=1S/C21H30N4O2/c1-21(2,3)23-19(26)15-24-10-12-25(13-11-24)20(27)9-8-16-14-22-18-7-5-4-6-17(16)18/h4-7,14,22H,8-13,15H2,1-3H3,(H,23,26). The lowest BCUT2D eigenvalue weighted by molar-refractivity contribution is -0.133. The van der Waals surface area contributed by atoms with E-state index in [0.717, 1.165) is 25.0 Å². The summed E-state index contributed by atoms with van der Waals surface area (Å²) in [6, 6.07) is 8.17. The Labute approximate surface area is 160 Å². The van der Waals surface area contributed by atoms with Gasteiger partial charge < -0.3 is 15.2 Å². The van der Waals surface area contributed by atoms with E-state index in [1.54, 1.807) is 0 Å². The number of rotatable bonds is 5. The van der Waals surface area contributed by atoms with E-state index in [1.807, 2.05) is 44.0 Å². The second kappa shape index (κ2) is 8.13. The number of H-pyrrole nitrogens is 1. The molecule has 2 amide bonds. The molecule has 2 N–H and O–H groups in total. The number of aromatic amines is 1. The fourth-order valence-electron chi connectivity index (χ4n) is 3.55. The zero-order valence-electron chi connectivity index (χ0n) is 16.5. The molecule has 1 fully saturated rings. The number of aromatic nitrogens is 1. The van der Waals surface area contributed by atoms with Crippen LogP contribution >= 0.6 is 0 Å². The predicted octanol–water partition coefficient (Wildman–Crippen LogP) is 2.16. The number of nitrogens with one attached hydrogen (secondary N) is 2. The van der Waals surface area contributed by atoms with Gasteiger partial charge >= 0.3 is 0 Å². The molecule has 0 atom stereocenters. The minimum absolute atomic E-state index is 0.0432. The Hall–Kier alpha value is -2.34. The highest BCUT2D eigenvalue weighted by Gasteiger charge is 2.23. The number of carbonyl (C=O) groups excluding carboxylic acids is 2. The monoisotopic (exact) mass is 370 g/mol. The smallest absolute Gasteiger partial charge is 0.234 e. The van der Waals surface area contributed by atoms with Crippen molar-refractivity contribution in [3.05, 3.63) is 36.0 Å². The van der Waals surface area contributed by atoms with Crippen LogP contribution in [-0.4, -0.2) is 64.9 Å². The van der Waals surface area contributed by atoms with Crippen molar-refractivity contribution in [2.24, 2.45) is 0 Å². The third kappa shape index (κ3) is 5.32. The molecule has 1 saturated heterocycles. The molecule has 1 aromatic heterocycles. The van der Waals surface area contributed by atoms with Gasteiger partial charge in [-0.1, -0.05) is 18.2 Å². The summed E-state index contributed by atoms with van der Waals surface area (Å²) in [4.78, 5) is 31.9. The number of para-hydroxylation sites is 1. The number of carbonyl (C=O) groups is 2. The molecule has 0 bridgehead atoms. The Kier molecular flexibility index (Phi) is 5.85. The van der Waals surface area contributed by atoms with Crippen LogP contribution in [0.3, 0.4) is 0 Å². The predicted molar refractivity (Wildman–Crippen MR) is 108 cm³/mol. The van der Waals surface area contributed by atoms with Crippen LogP contribution in [-0.2, 0) is 16.0 Å². The normalized spacial score (nSPS) is 15.9. The molecular formula is C21H30N4O2. The molecule has 0 spiro atoms. The molecule has 146 valence electrons. The van der Waals surface area contributed by atoms with E-state index in [4.69, 9.17) is 0 Å². The van der Waals surface area contributed by atoms with Gasteiger partial charge in [0.05, 0.1) is 6.54 Å². The molecule has 2 aromatic rings. The van der Waals surface area contributed by atoms with Crippen LogP contribution in [0.1, 0.15) is 32.8 Å². The number of piperazine rings is 1. The van der Waals surface area contributed by atoms with E-state index in [9.17, 15) is 9.59 Å². The molecule has 1 aliphatic heterocycles. The summed E-state index contributed by atoms with van der Waals surface area (Å²) in [6.07, 6.45) is 3.27. The van der Waals surface area contributed by atoms with Gasteiger partial charge in [-0.05, 0) is 38.8 Å². The largest absolute Gasteiger partial charge is 0.361 e. The van der Waals surface area contributed by atoms with Crippen molar-refractivity contribution >= 4 is 22.7 Å². The Morgan fingerprint density at radius 1 is 1.11 bits per heavy atom. The van der Waals surface area contributed by atoms with Crippen LogP contribution in [0.2, 0.25) is 0 Å². The van der Waals surface area contributed by atoms with Crippen LogP contribution in [0.25, 0.3) is 10.9 Å². The van der Waals surface area contributed by atoms with E-state index < -0.39 is 0 Å². The van der Waals surface area contributed by atoms with Gasteiger partial charge in [-0.3, -0.25) is 14.5 Å². The first-order valence-electron chi connectivity index (χ1n) is 9.68. The van der Waals surface area contributed by atoms with Gasteiger partial charge in [0, 0.05) is 55.2 Å². The fraction of sp³-hybridized carbons (Fsp3) is 0.524. The Bertz CT molecular complexity index is 798. The van der Waals surface area contributed by atoms with Gasteiger partial charge in [-0.15, -0.1) is 0 Å². The van der Waals surface area contributed by atoms with Crippen molar-refractivity contribution in [3.8, 4) is 0 Å². The number of amides is 2. The minimum Gasteiger partial charge on any atom is -0.361 e. The summed E-state index contributed by atoms with van der Waals surface area (Å²) < 4.78 is 0. The summed E-state index contributed by atoms with van der Waals surface area (Å²) in [7, 11) is 0. The van der Waals surface area contributed by atoms with E-state index in [1.165, 1.54) is 10.9 Å². The topological polar surface area (TPSA) is 68.4 Å². The van der Waals surface area contributed by atoms with Crippen molar-refractivity contribution < 1.29 is 9.59 Å². The average Bonchev–Trinajstić information content (AvgIpc) is 3.02. The lowest BCUT2D eigenvalue weighted by Gasteiger charge is -2.35. The second-order valence-corrected chi connectivity index (χ2v) is 8.31. The molecule has 6 nitrogen and oxygen atoms in total. The number of fused-ring (bicyclic) bond motifs is 1. The molecule has 6 heteroatoms. The molecule has 0 saturated carbocycles. The van der Waals surface area contributed by atoms with Gasteiger partial charge in [-0.25, -0.2) is 0 Å². The van der Waals surface area contributed by atoms with Crippen molar-refractivity contribution in [2.45, 2.75) is 39.2 Å². The van der Waals surface area contributed by atoms with Gasteiger partial charge in [-0.2, -0.15) is 0 Å². The van der Waals surface area contributed by atoms with Crippen molar-refractivity contribution in [1.82, 2.24) is 20.1 Å². The van der Waals surface area contributed by atoms with Crippen LogP contribution in [0.5, 0.6) is 0 Å². The summed E-state index contributed by atoms with van der Waals surface area (Å²) in [6.45, 7) is 9.21. The van der Waals surface area contributed by atoms with Crippen LogP contribution < -0.4 is 5.32 Å². The number of nitrogens with zero attached hydrogens (tertiary/aromatic N) is 2. The highest BCUT2D eigenvalue weighted by molar-refractivity contribution is 5.84. The maximum Gasteiger partial charge on any atom is 0.234 e. The third-order valence-electron chi connectivity index (χ3n) is 4.89. The Balaban J connectivity index is 1.44. The quantitative estimate of drug-likeness (QED) is 0.847. The lowest BCUT2D eigenvalue weighted by atomic mass is 10.1. The van der Waals surface area contributed by atoms with Gasteiger partial charge in [0.2, 0.25) is 11.8 Å². The molecule has 0 unspecified atom stereocenters. The van der Waals surface area contributed by atoms with E-state index in [0.29, 0.717) is 26.1 Å². The van der Waals surface area contributed by atoms with Crippen LogP contribution in [0.4, 0.5) is 0 Å². The SMILES string of the molecule is CC(C)(C)NC(=O)CN1CCN(C(=O)CCc2c[nH]c3ccccc23)CC1. The number of hydrogen-bond acceptors (Lipinski definition) is 3. The molecular weight excluding hydrogens is 340 g/mol. The highest BCUT2D eigenvalue weighted by atomic mass is 16.2. The second-order valence-electron chi connectivity index (χ2n) is 8.31. The zero-order chi connectivity index (χ0) is 19.4. The maximum atomic E-state index is 12.6. The van der Waals surface area contributed by atoms with Crippen molar-refractivity contribution in [3.63, 3.8) is 0 Å².